The molecular formula is C19H21NO. The van der Waals surface area contributed by atoms with Crippen molar-refractivity contribution in [1.29, 1.82) is 0 Å². The predicted octanol–water partition coefficient (Wildman–Crippen LogP) is 4.77. The zero-order valence-electron chi connectivity index (χ0n) is 12.8. The number of aryl methyl sites for hydroxylation is 1. The van der Waals surface area contributed by atoms with Crippen molar-refractivity contribution in [2.75, 3.05) is 5.32 Å². The molecule has 2 rings (SSSR count). The summed E-state index contributed by atoms with van der Waals surface area (Å²) in [7, 11) is 0. The number of anilines is 1. The molecule has 2 aromatic carbocycles. The number of para-hydroxylation sites is 1. The molecule has 0 aliphatic rings. The van der Waals surface area contributed by atoms with Gasteiger partial charge in [0.1, 0.15) is 0 Å². The third kappa shape index (κ3) is 4.06. The van der Waals surface area contributed by atoms with Crippen LogP contribution in [0.25, 0.3) is 6.08 Å². The number of carbonyl (C=O) groups is 1. The van der Waals surface area contributed by atoms with Gasteiger partial charge in [-0.15, -0.1) is 0 Å². The molecule has 108 valence electrons. The third-order valence-electron chi connectivity index (χ3n) is 3.40. The zero-order valence-corrected chi connectivity index (χ0v) is 12.8. The summed E-state index contributed by atoms with van der Waals surface area (Å²) in [4.78, 5) is 12.1. The molecule has 0 heterocycles. The van der Waals surface area contributed by atoms with E-state index in [9.17, 15) is 4.79 Å². The second-order valence-electron chi connectivity index (χ2n) is 5.43. The summed E-state index contributed by atoms with van der Waals surface area (Å²) in [6.07, 6.45) is 3.40. The van der Waals surface area contributed by atoms with Crippen LogP contribution in [0.4, 0.5) is 5.69 Å². The fraction of sp³-hybridized carbons (Fsp3) is 0.211. The molecular weight excluding hydrogens is 258 g/mol. The molecule has 1 N–H and O–H groups in total. The van der Waals surface area contributed by atoms with Crippen molar-refractivity contribution in [3.8, 4) is 0 Å². The van der Waals surface area contributed by atoms with Crippen molar-refractivity contribution in [2.45, 2.75) is 26.7 Å². The Morgan fingerprint density at radius 3 is 2.43 bits per heavy atom. The van der Waals surface area contributed by atoms with Crippen molar-refractivity contribution in [1.82, 2.24) is 0 Å². The van der Waals surface area contributed by atoms with Crippen LogP contribution in [0.5, 0.6) is 0 Å². The molecule has 0 fully saturated rings. The summed E-state index contributed by atoms with van der Waals surface area (Å²) in [6, 6.07) is 15.9. The van der Waals surface area contributed by atoms with Gasteiger partial charge in [-0.05, 0) is 35.6 Å². The van der Waals surface area contributed by atoms with Crippen molar-refractivity contribution >= 4 is 17.7 Å². The minimum absolute atomic E-state index is 0.102. The Bertz CT molecular complexity index is 642. The van der Waals surface area contributed by atoms with Gasteiger partial charge in [-0.1, -0.05) is 62.4 Å². The van der Waals surface area contributed by atoms with E-state index in [4.69, 9.17) is 0 Å². The number of hydrogen-bond acceptors (Lipinski definition) is 1. The fourth-order valence-corrected chi connectivity index (χ4v) is 2.24. The maximum absolute atomic E-state index is 12.1. The van der Waals surface area contributed by atoms with Gasteiger partial charge in [0.2, 0.25) is 5.91 Å². The molecule has 2 aromatic rings. The second-order valence-corrected chi connectivity index (χ2v) is 5.43. The van der Waals surface area contributed by atoms with Crippen LogP contribution in [0.1, 0.15) is 36.5 Å². The highest BCUT2D eigenvalue weighted by atomic mass is 16.1. The quantitative estimate of drug-likeness (QED) is 0.802. The first-order chi connectivity index (χ1) is 10.1. The summed E-state index contributed by atoms with van der Waals surface area (Å²) in [6.45, 7) is 6.27. The number of amides is 1. The normalized spacial score (nSPS) is 11.0. The minimum Gasteiger partial charge on any atom is -0.322 e. The lowest BCUT2D eigenvalue weighted by Gasteiger charge is -2.15. The summed E-state index contributed by atoms with van der Waals surface area (Å²) in [5.74, 6) is 0.272. The number of hydrogen-bond donors (Lipinski definition) is 1. The number of rotatable bonds is 4. The van der Waals surface area contributed by atoms with Gasteiger partial charge in [-0.25, -0.2) is 0 Å². The van der Waals surface area contributed by atoms with Crippen LogP contribution < -0.4 is 5.32 Å². The van der Waals surface area contributed by atoms with Crippen LogP contribution in [0.3, 0.4) is 0 Å². The monoisotopic (exact) mass is 279 g/mol. The number of nitrogens with one attached hydrogen (secondary N) is 1. The second kappa shape index (κ2) is 6.89. The van der Waals surface area contributed by atoms with Gasteiger partial charge in [0, 0.05) is 11.8 Å². The van der Waals surface area contributed by atoms with E-state index < -0.39 is 0 Å². The van der Waals surface area contributed by atoms with E-state index in [-0.39, 0.29) is 5.91 Å². The number of carbonyl (C=O) groups excluding carboxylic acids is 1. The van der Waals surface area contributed by atoms with E-state index in [1.54, 1.807) is 6.08 Å². The average molecular weight is 279 g/mol. The van der Waals surface area contributed by atoms with Crippen molar-refractivity contribution < 1.29 is 4.79 Å². The van der Waals surface area contributed by atoms with Crippen molar-refractivity contribution in [2.24, 2.45) is 0 Å². The zero-order chi connectivity index (χ0) is 15.2. The smallest absolute Gasteiger partial charge is 0.248 e. The van der Waals surface area contributed by atoms with Crippen LogP contribution in [0.15, 0.2) is 54.6 Å². The standard InChI is InChI=1S/C19H21NO/c1-14(2)17-11-7-8-15(3)19(17)20-18(21)13-12-16-9-5-4-6-10-16/h4-14H,1-3H3,(H,20,21). The first kappa shape index (κ1) is 15.0. The maximum atomic E-state index is 12.1. The van der Waals surface area contributed by atoms with E-state index in [0.29, 0.717) is 5.92 Å². The molecule has 0 saturated carbocycles. The fourth-order valence-electron chi connectivity index (χ4n) is 2.24. The van der Waals surface area contributed by atoms with E-state index in [1.807, 2.05) is 55.5 Å². The predicted molar refractivity (Wildman–Crippen MR) is 89.4 cm³/mol. The SMILES string of the molecule is Cc1cccc(C(C)C)c1NC(=O)C=Cc1ccccc1. The molecule has 0 bridgehead atoms. The lowest BCUT2D eigenvalue weighted by atomic mass is 9.98. The van der Waals surface area contributed by atoms with Gasteiger partial charge in [0.05, 0.1) is 0 Å². The summed E-state index contributed by atoms with van der Waals surface area (Å²) < 4.78 is 0. The molecule has 2 heteroatoms. The molecule has 21 heavy (non-hydrogen) atoms. The first-order valence-corrected chi connectivity index (χ1v) is 7.21. The molecule has 0 aliphatic heterocycles. The Hall–Kier alpha value is -2.35. The summed E-state index contributed by atoms with van der Waals surface area (Å²) in [5, 5.41) is 3.00. The number of benzene rings is 2. The Labute approximate surface area is 126 Å². The Morgan fingerprint density at radius 1 is 1.05 bits per heavy atom. The van der Waals surface area contributed by atoms with E-state index in [1.165, 1.54) is 0 Å². The molecule has 0 saturated heterocycles. The summed E-state index contributed by atoms with van der Waals surface area (Å²) >= 11 is 0. The molecule has 0 atom stereocenters. The van der Waals surface area contributed by atoms with Gasteiger partial charge in [-0.3, -0.25) is 4.79 Å². The Balaban J connectivity index is 2.15. The van der Waals surface area contributed by atoms with Gasteiger partial charge in [0.15, 0.2) is 0 Å². The highest BCUT2D eigenvalue weighted by Gasteiger charge is 2.10. The highest BCUT2D eigenvalue weighted by molar-refractivity contribution is 6.02. The molecule has 0 aromatic heterocycles. The van der Waals surface area contributed by atoms with Gasteiger partial charge in [0.25, 0.3) is 0 Å². The van der Waals surface area contributed by atoms with Gasteiger partial charge >= 0.3 is 0 Å². The van der Waals surface area contributed by atoms with E-state index >= 15 is 0 Å². The van der Waals surface area contributed by atoms with Gasteiger partial charge in [-0.2, -0.15) is 0 Å². The molecule has 1 amide bonds. The lowest BCUT2D eigenvalue weighted by molar-refractivity contribution is -0.111. The molecule has 0 radical (unpaired) electrons. The lowest BCUT2D eigenvalue weighted by Crippen LogP contribution is -2.11. The van der Waals surface area contributed by atoms with Gasteiger partial charge < -0.3 is 5.32 Å². The Kier molecular flexibility index (Phi) is 4.94. The average Bonchev–Trinajstić information content (AvgIpc) is 2.48. The maximum Gasteiger partial charge on any atom is 0.248 e. The van der Waals surface area contributed by atoms with Crippen molar-refractivity contribution in [3.63, 3.8) is 0 Å². The summed E-state index contributed by atoms with van der Waals surface area (Å²) in [5.41, 5.74) is 4.19. The van der Waals surface area contributed by atoms with Crippen LogP contribution in [-0.2, 0) is 4.79 Å². The third-order valence-corrected chi connectivity index (χ3v) is 3.40. The van der Waals surface area contributed by atoms with E-state index in [2.05, 4.69) is 25.2 Å². The van der Waals surface area contributed by atoms with Crippen LogP contribution >= 0.6 is 0 Å². The molecule has 0 spiro atoms. The van der Waals surface area contributed by atoms with Crippen LogP contribution in [-0.4, -0.2) is 5.91 Å². The largest absolute Gasteiger partial charge is 0.322 e. The van der Waals surface area contributed by atoms with Crippen LogP contribution in [0.2, 0.25) is 0 Å². The van der Waals surface area contributed by atoms with E-state index in [0.717, 1.165) is 22.4 Å². The van der Waals surface area contributed by atoms with Crippen molar-refractivity contribution in [3.05, 3.63) is 71.3 Å². The highest BCUT2D eigenvalue weighted by Crippen LogP contribution is 2.27. The molecule has 0 unspecified atom stereocenters. The first-order valence-electron chi connectivity index (χ1n) is 7.21. The van der Waals surface area contributed by atoms with Crippen LogP contribution in [0, 0.1) is 6.92 Å². The Morgan fingerprint density at radius 2 is 1.76 bits per heavy atom. The molecule has 2 nitrogen and oxygen atoms in total. The minimum atomic E-state index is -0.102. The topological polar surface area (TPSA) is 29.1 Å². The molecule has 0 aliphatic carbocycles.